The third-order valence-electron chi connectivity index (χ3n) is 1.50. The molecule has 0 aromatic carbocycles. The van der Waals surface area contributed by atoms with Crippen LogP contribution in [0.15, 0.2) is 17.5 Å². The molecule has 0 fully saturated rings. The van der Waals surface area contributed by atoms with Crippen molar-refractivity contribution in [3.63, 3.8) is 0 Å². The van der Waals surface area contributed by atoms with Gasteiger partial charge in [0, 0.05) is 22.2 Å². The Hall–Kier alpha value is -0.100. The number of hydrogen-bond donors (Lipinski definition) is 0. The lowest BCUT2D eigenvalue weighted by atomic mass is 10.5. The second-order valence-electron chi connectivity index (χ2n) is 2.73. The van der Waals surface area contributed by atoms with Crippen molar-refractivity contribution in [3.05, 3.63) is 22.4 Å². The molecular formula is C8H11ClO3S2. The van der Waals surface area contributed by atoms with E-state index in [1.165, 1.54) is 0 Å². The molecule has 3 nitrogen and oxygen atoms in total. The monoisotopic (exact) mass is 254 g/mol. The van der Waals surface area contributed by atoms with Crippen LogP contribution in [-0.4, -0.2) is 20.8 Å². The molecule has 1 aromatic heterocycles. The Morgan fingerprint density at radius 3 is 2.86 bits per heavy atom. The summed E-state index contributed by atoms with van der Waals surface area (Å²) in [5, 5.41) is 1.97. The zero-order chi connectivity index (χ0) is 10.4. The van der Waals surface area contributed by atoms with Gasteiger partial charge in [0.1, 0.15) is 0 Å². The fourth-order valence-electron chi connectivity index (χ4n) is 0.901. The molecule has 1 heterocycles. The molecule has 80 valence electrons. The Morgan fingerprint density at radius 1 is 1.50 bits per heavy atom. The average molecular weight is 255 g/mol. The van der Waals surface area contributed by atoms with Crippen molar-refractivity contribution in [1.29, 1.82) is 0 Å². The van der Waals surface area contributed by atoms with Crippen LogP contribution in [-0.2, 0) is 20.4 Å². The molecular weight excluding hydrogens is 244 g/mol. The molecule has 0 saturated carbocycles. The zero-order valence-electron chi connectivity index (χ0n) is 7.48. The van der Waals surface area contributed by atoms with E-state index in [4.69, 9.17) is 15.4 Å². The lowest BCUT2D eigenvalue weighted by Gasteiger charge is -2.00. The topological polar surface area (TPSA) is 43.4 Å². The van der Waals surface area contributed by atoms with Gasteiger partial charge in [-0.05, 0) is 17.9 Å². The van der Waals surface area contributed by atoms with Crippen LogP contribution < -0.4 is 0 Å². The van der Waals surface area contributed by atoms with Gasteiger partial charge in [-0.1, -0.05) is 6.07 Å². The Bertz CT molecular complexity index is 345. The molecule has 1 aromatic rings. The third kappa shape index (κ3) is 5.59. The second kappa shape index (κ2) is 5.70. The summed E-state index contributed by atoms with van der Waals surface area (Å²) in [5.41, 5.74) is 0. The first-order valence-corrected chi connectivity index (χ1v) is 7.46. The maximum atomic E-state index is 10.5. The molecule has 0 amide bonds. The number of rotatable bonds is 6. The van der Waals surface area contributed by atoms with Gasteiger partial charge < -0.3 is 4.74 Å². The minimum atomic E-state index is -3.36. The van der Waals surface area contributed by atoms with Gasteiger partial charge in [0.2, 0.25) is 9.05 Å². The third-order valence-corrected chi connectivity index (χ3v) is 3.59. The van der Waals surface area contributed by atoms with Gasteiger partial charge in [0.15, 0.2) is 0 Å². The van der Waals surface area contributed by atoms with E-state index in [1.807, 2.05) is 17.5 Å². The van der Waals surface area contributed by atoms with Crippen LogP contribution in [0.5, 0.6) is 0 Å². The Morgan fingerprint density at radius 2 is 2.29 bits per heavy atom. The highest BCUT2D eigenvalue weighted by Gasteiger charge is 2.03. The minimum absolute atomic E-state index is 0.0288. The molecule has 0 unspecified atom stereocenters. The molecule has 0 bridgehead atoms. The van der Waals surface area contributed by atoms with Crippen LogP contribution >= 0.6 is 22.0 Å². The standard InChI is InChI=1S/C8H11ClO3S2/c9-14(10,11)6-2-4-12-7-8-3-1-5-13-8/h1,3,5H,2,4,6-7H2. The van der Waals surface area contributed by atoms with Gasteiger partial charge in [0.25, 0.3) is 0 Å². The summed E-state index contributed by atoms with van der Waals surface area (Å²) in [5.74, 6) is -0.0288. The van der Waals surface area contributed by atoms with Crippen molar-refractivity contribution < 1.29 is 13.2 Å². The highest BCUT2D eigenvalue weighted by molar-refractivity contribution is 8.13. The van der Waals surface area contributed by atoms with Gasteiger partial charge in [-0.25, -0.2) is 8.42 Å². The summed E-state index contributed by atoms with van der Waals surface area (Å²) in [7, 11) is 1.67. The maximum Gasteiger partial charge on any atom is 0.232 e. The lowest BCUT2D eigenvalue weighted by Crippen LogP contribution is -2.02. The minimum Gasteiger partial charge on any atom is -0.376 e. The number of hydrogen-bond acceptors (Lipinski definition) is 4. The first-order valence-electron chi connectivity index (χ1n) is 4.10. The molecule has 6 heteroatoms. The smallest absolute Gasteiger partial charge is 0.232 e. The predicted octanol–water partition coefficient (Wildman–Crippen LogP) is 2.22. The average Bonchev–Trinajstić information content (AvgIpc) is 2.54. The van der Waals surface area contributed by atoms with Crippen molar-refractivity contribution in [2.45, 2.75) is 13.0 Å². The second-order valence-corrected chi connectivity index (χ2v) is 6.66. The maximum absolute atomic E-state index is 10.5. The SMILES string of the molecule is O=S(=O)(Cl)CCCOCc1cccs1. The first-order chi connectivity index (χ1) is 6.58. The van der Waals surface area contributed by atoms with Gasteiger partial charge in [-0.2, -0.15) is 0 Å². The largest absolute Gasteiger partial charge is 0.376 e. The summed E-state index contributed by atoms with van der Waals surface area (Å²) < 4.78 is 26.3. The zero-order valence-corrected chi connectivity index (χ0v) is 9.87. The Labute approximate surface area is 92.1 Å². The fraction of sp³-hybridized carbons (Fsp3) is 0.500. The van der Waals surface area contributed by atoms with Crippen LogP contribution in [0.4, 0.5) is 0 Å². The normalized spacial score (nSPS) is 11.8. The number of ether oxygens (including phenoxy) is 1. The Balaban J connectivity index is 2.06. The predicted molar refractivity (Wildman–Crippen MR) is 58.2 cm³/mol. The Kier molecular flexibility index (Phi) is 4.88. The highest BCUT2D eigenvalue weighted by Crippen LogP contribution is 2.09. The van der Waals surface area contributed by atoms with Crippen molar-refractivity contribution in [1.82, 2.24) is 0 Å². The van der Waals surface area contributed by atoms with E-state index >= 15 is 0 Å². The molecule has 0 saturated heterocycles. The first kappa shape index (κ1) is 12.0. The summed E-state index contributed by atoms with van der Waals surface area (Å²) >= 11 is 1.62. The van der Waals surface area contributed by atoms with E-state index in [9.17, 15) is 8.42 Å². The molecule has 14 heavy (non-hydrogen) atoms. The summed E-state index contributed by atoms with van der Waals surface area (Å²) in [6.07, 6.45) is 0.442. The molecule has 0 N–H and O–H groups in total. The molecule has 0 spiro atoms. The van der Waals surface area contributed by atoms with Crippen LogP contribution in [0, 0.1) is 0 Å². The van der Waals surface area contributed by atoms with Gasteiger partial charge >= 0.3 is 0 Å². The molecule has 0 atom stereocenters. The van der Waals surface area contributed by atoms with Crippen LogP contribution in [0.2, 0.25) is 0 Å². The molecule has 0 aliphatic heterocycles. The van der Waals surface area contributed by atoms with Crippen LogP contribution in [0.1, 0.15) is 11.3 Å². The van der Waals surface area contributed by atoms with Gasteiger partial charge in [-0.3, -0.25) is 0 Å². The molecule has 0 aliphatic rings. The van der Waals surface area contributed by atoms with E-state index in [1.54, 1.807) is 11.3 Å². The highest BCUT2D eigenvalue weighted by atomic mass is 35.7. The van der Waals surface area contributed by atoms with E-state index < -0.39 is 9.05 Å². The molecule has 0 aliphatic carbocycles. The van der Waals surface area contributed by atoms with E-state index in [0.717, 1.165) is 4.88 Å². The summed E-state index contributed by atoms with van der Waals surface area (Å²) in [4.78, 5) is 1.14. The molecule has 0 radical (unpaired) electrons. The number of halogens is 1. The quantitative estimate of drug-likeness (QED) is 0.578. The fourth-order valence-corrected chi connectivity index (χ4v) is 2.33. The lowest BCUT2D eigenvalue weighted by molar-refractivity contribution is 0.124. The van der Waals surface area contributed by atoms with Crippen molar-refractivity contribution in [2.24, 2.45) is 0 Å². The van der Waals surface area contributed by atoms with Gasteiger partial charge in [-0.15, -0.1) is 11.3 Å². The van der Waals surface area contributed by atoms with Crippen molar-refractivity contribution >= 4 is 31.1 Å². The number of thiophene rings is 1. The van der Waals surface area contributed by atoms with E-state index in [2.05, 4.69) is 0 Å². The van der Waals surface area contributed by atoms with Crippen LogP contribution in [0.25, 0.3) is 0 Å². The van der Waals surface area contributed by atoms with Crippen molar-refractivity contribution in [3.8, 4) is 0 Å². The van der Waals surface area contributed by atoms with Gasteiger partial charge in [0.05, 0.1) is 12.4 Å². The summed E-state index contributed by atoms with van der Waals surface area (Å²) in [6.45, 7) is 0.962. The van der Waals surface area contributed by atoms with Crippen LogP contribution in [0.3, 0.4) is 0 Å². The van der Waals surface area contributed by atoms with E-state index in [0.29, 0.717) is 19.6 Å². The summed E-state index contributed by atoms with van der Waals surface area (Å²) in [6, 6.07) is 3.93. The van der Waals surface area contributed by atoms with E-state index in [-0.39, 0.29) is 5.75 Å². The van der Waals surface area contributed by atoms with Crippen molar-refractivity contribution in [2.75, 3.05) is 12.4 Å². The molecule has 1 rings (SSSR count).